The molecule has 0 aliphatic carbocycles. The van der Waals surface area contributed by atoms with Gasteiger partial charge in [0, 0.05) is 28.8 Å². The molecule has 6 rings (SSSR count). The molecule has 6 heteroatoms. The Kier molecular flexibility index (Phi) is 5.18. The van der Waals surface area contributed by atoms with Crippen molar-refractivity contribution >= 4 is 26.3 Å². The Hall–Kier alpha value is -2.44. The molecule has 3 atom stereocenters. The molecule has 170 valence electrons. The molecule has 0 aromatic heterocycles. The summed E-state index contributed by atoms with van der Waals surface area (Å²) in [6.07, 6.45) is 3.71. The third kappa shape index (κ3) is 3.83. The Labute approximate surface area is 197 Å². The molecular formula is C27H27NO3S2. The van der Waals surface area contributed by atoms with Gasteiger partial charge in [-0.05, 0) is 77.6 Å². The number of fused-ring (bicyclic) bond motifs is 3. The topological polar surface area (TPSA) is 63.2 Å². The van der Waals surface area contributed by atoms with Crippen molar-refractivity contribution in [3.8, 4) is 0 Å². The molecule has 3 aliphatic heterocycles. The van der Waals surface area contributed by atoms with Crippen molar-refractivity contribution in [2.75, 3.05) is 23.4 Å². The number of hydrogen-bond acceptors (Lipinski definition) is 4. The summed E-state index contributed by atoms with van der Waals surface area (Å²) in [5.41, 5.74) is 6.73. The van der Waals surface area contributed by atoms with E-state index in [9.17, 15) is 12.6 Å². The Morgan fingerprint density at radius 3 is 2.52 bits per heavy atom. The van der Waals surface area contributed by atoms with Gasteiger partial charge in [0.05, 0.1) is 21.4 Å². The summed E-state index contributed by atoms with van der Waals surface area (Å²) in [4.78, 5) is 1.41. The zero-order valence-corrected chi connectivity index (χ0v) is 20.1. The summed E-state index contributed by atoms with van der Waals surface area (Å²) in [6.45, 7) is 0.997. The van der Waals surface area contributed by atoms with E-state index < -0.39 is 20.6 Å². The molecule has 3 heterocycles. The number of anilines is 1. The van der Waals surface area contributed by atoms with Crippen LogP contribution in [0.25, 0.3) is 0 Å². The highest BCUT2D eigenvalue weighted by atomic mass is 32.2. The Morgan fingerprint density at radius 1 is 0.848 bits per heavy atom. The lowest BCUT2D eigenvalue weighted by Crippen LogP contribution is -2.25. The van der Waals surface area contributed by atoms with Gasteiger partial charge >= 0.3 is 0 Å². The summed E-state index contributed by atoms with van der Waals surface area (Å²) in [5, 5.41) is 3.44. The normalized spacial score (nSPS) is 25.3. The highest BCUT2D eigenvalue weighted by Crippen LogP contribution is 2.38. The average Bonchev–Trinajstić information content (AvgIpc) is 2.83. The maximum Gasteiger partial charge on any atom is 0.179 e. The molecule has 3 aromatic rings. The van der Waals surface area contributed by atoms with Crippen molar-refractivity contribution < 1.29 is 12.6 Å². The number of nitrogens with one attached hydrogen (secondary N) is 1. The molecule has 0 fully saturated rings. The molecular weight excluding hydrogens is 450 g/mol. The van der Waals surface area contributed by atoms with Crippen LogP contribution in [0.5, 0.6) is 0 Å². The fourth-order valence-corrected chi connectivity index (χ4v) is 9.03. The van der Waals surface area contributed by atoms with Crippen molar-refractivity contribution in [3.05, 3.63) is 88.5 Å². The second kappa shape index (κ2) is 8.10. The van der Waals surface area contributed by atoms with E-state index in [1.54, 1.807) is 6.07 Å². The first-order valence-corrected chi connectivity index (χ1v) is 14.6. The third-order valence-electron chi connectivity index (χ3n) is 7.35. The fourth-order valence-electron chi connectivity index (χ4n) is 5.66. The first-order valence-electron chi connectivity index (χ1n) is 11.7. The maximum atomic E-state index is 13.2. The van der Waals surface area contributed by atoms with Crippen LogP contribution in [0.2, 0.25) is 0 Å². The number of benzene rings is 3. The summed E-state index contributed by atoms with van der Waals surface area (Å²) in [6, 6.07) is 20.2. The van der Waals surface area contributed by atoms with Crippen LogP contribution in [0, 0.1) is 0 Å². The van der Waals surface area contributed by atoms with Crippen LogP contribution in [-0.2, 0) is 39.9 Å². The minimum Gasteiger partial charge on any atom is -0.385 e. The summed E-state index contributed by atoms with van der Waals surface area (Å²) >= 11 is 0. The minimum atomic E-state index is -3.34. The minimum absolute atomic E-state index is 0.0359. The van der Waals surface area contributed by atoms with Gasteiger partial charge in [-0.1, -0.05) is 42.5 Å². The molecule has 33 heavy (non-hydrogen) atoms. The van der Waals surface area contributed by atoms with Gasteiger partial charge in [-0.3, -0.25) is 4.21 Å². The Balaban J connectivity index is 1.33. The van der Waals surface area contributed by atoms with Gasteiger partial charge < -0.3 is 5.32 Å². The van der Waals surface area contributed by atoms with E-state index in [1.807, 2.05) is 24.3 Å². The van der Waals surface area contributed by atoms with Crippen LogP contribution < -0.4 is 5.32 Å². The van der Waals surface area contributed by atoms with Gasteiger partial charge in [0.2, 0.25) is 0 Å². The largest absolute Gasteiger partial charge is 0.385 e. The van der Waals surface area contributed by atoms with E-state index in [2.05, 4.69) is 35.6 Å². The van der Waals surface area contributed by atoms with Crippen molar-refractivity contribution in [1.29, 1.82) is 0 Å². The number of hydrogen-bond donors (Lipinski definition) is 1. The lowest BCUT2D eigenvalue weighted by atomic mass is 9.87. The number of aryl methyl sites for hydroxylation is 1. The van der Waals surface area contributed by atoms with Crippen LogP contribution in [-0.4, -0.2) is 30.7 Å². The molecule has 0 saturated carbocycles. The van der Waals surface area contributed by atoms with E-state index in [-0.39, 0.29) is 17.6 Å². The van der Waals surface area contributed by atoms with Crippen LogP contribution >= 0.6 is 0 Å². The van der Waals surface area contributed by atoms with Crippen LogP contribution in [0.15, 0.2) is 70.5 Å². The monoisotopic (exact) mass is 477 g/mol. The van der Waals surface area contributed by atoms with Crippen LogP contribution in [0.4, 0.5) is 5.69 Å². The van der Waals surface area contributed by atoms with Crippen LogP contribution in [0.3, 0.4) is 0 Å². The second-order valence-electron chi connectivity index (χ2n) is 9.52. The summed E-state index contributed by atoms with van der Waals surface area (Å²) < 4.78 is 39.2. The van der Waals surface area contributed by atoms with E-state index in [0.717, 1.165) is 59.4 Å². The third-order valence-corrected chi connectivity index (χ3v) is 10.9. The van der Waals surface area contributed by atoms with Crippen molar-refractivity contribution in [2.24, 2.45) is 0 Å². The molecule has 0 radical (unpaired) electrons. The number of sulfone groups is 1. The van der Waals surface area contributed by atoms with Crippen molar-refractivity contribution in [2.45, 2.75) is 47.3 Å². The fraction of sp³-hybridized carbons (Fsp3) is 0.333. The zero-order chi connectivity index (χ0) is 22.6. The van der Waals surface area contributed by atoms with E-state index in [1.165, 1.54) is 11.3 Å². The first-order chi connectivity index (χ1) is 16.0. The van der Waals surface area contributed by atoms with Crippen molar-refractivity contribution in [3.63, 3.8) is 0 Å². The van der Waals surface area contributed by atoms with Gasteiger partial charge in [-0.25, -0.2) is 8.42 Å². The van der Waals surface area contributed by atoms with E-state index in [0.29, 0.717) is 10.6 Å². The predicted octanol–water partition coefficient (Wildman–Crippen LogP) is 4.61. The predicted molar refractivity (Wildman–Crippen MR) is 132 cm³/mol. The van der Waals surface area contributed by atoms with Gasteiger partial charge in [0.15, 0.2) is 9.84 Å². The Bertz CT molecular complexity index is 1380. The molecule has 4 nitrogen and oxygen atoms in total. The molecule has 3 aromatic carbocycles. The highest BCUT2D eigenvalue weighted by molar-refractivity contribution is 7.91. The van der Waals surface area contributed by atoms with Crippen molar-refractivity contribution in [1.82, 2.24) is 0 Å². The number of rotatable bonds is 2. The lowest BCUT2D eigenvalue weighted by Gasteiger charge is -2.29. The smallest absolute Gasteiger partial charge is 0.179 e. The first kappa shape index (κ1) is 21.1. The molecule has 3 unspecified atom stereocenters. The van der Waals surface area contributed by atoms with Gasteiger partial charge in [0.25, 0.3) is 0 Å². The van der Waals surface area contributed by atoms with E-state index >= 15 is 0 Å². The molecule has 0 saturated heterocycles. The summed E-state index contributed by atoms with van der Waals surface area (Å²) in [5.74, 6) is 0.853. The van der Waals surface area contributed by atoms with Crippen LogP contribution in [0.1, 0.15) is 46.1 Å². The quantitative estimate of drug-likeness (QED) is 0.586. The van der Waals surface area contributed by atoms with E-state index in [4.69, 9.17) is 0 Å². The maximum absolute atomic E-state index is 13.2. The lowest BCUT2D eigenvalue weighted by molar-refractivity contribution is 0.574. The molecule has 0 spiro atoms. The van der Waals surface area contributed by atoms with Gasteiger partial charge in [0.1, 0.15) is 0 Å². The average molecular weight is 478 g/mol. The highest BCUT2D eigenvalue weighted by Gasteiger charge is 2.33. The molecule has 0 bridgehead atoms. The van der Waals surface area contributed by atoms with Gasteiger partial charge in [-0.15, -0.1) is 0 Å². The molecule has 3 aliphatic rings. The standard InChI is InChI=1S/C27H27NO3S2/c29-32-16-23(14-21-4-1-2-6-26(21)32)18-8-10-27-22(13-18)15-24(17-33(27,30)31)19-7-9-25-20(12-19)5-3-11-28-25/h1-2,4,6-10,12-13,23-24,28H,3,5,11,14-17H2. The van der Waals surface area contributed by atoms with Gasteiger partial charge in [-0.2, -0.15) is 0 Å². The second-order valence-corrected chi connectivity index (χ2v) is 13.0. The Morgan fingerprint density at radius 2 is 1.61 bits per heavy atom. The molecule has 1 N–H and O–H groups in total. The summed E-state index contributed by atoms with van der Waals surface area (Å²) in [7, 11) is -4.37. The zero-order valence-electron chi connectivity index (χ0n) is 18.4. The molecule has 0 amide bonds. The SMILES string of the molecule is O=S1CC(c2ccc3c(c2)CC(c2ccc4c(c2)CCCN4)CS3(=O)=O)Cc2ccccc21.